The van der Waals surface area contributed by atoms with Gasteiger partial charge in [-0.3, -0.25) is 4.90 Å². The minimum atomic E-state index is -0.634. The minimum absolute atomic E-state index is 0.258. The average Bonchev–Trinajstić information content (AvgIpc) is 3.20. The highest BCUT2D eigenvalue weighted by molar-refractivity contribution is 5.88. The Morgan fingerprint density at radius 1 is 1.17 bits per heavy atom. The van der Waals surface area contributed by atoms with E-state index in [-0.39, 0.29) is 12.6 Å². The third kappa shape index (κ3) is 4.69. The first-order valence-electron chi connectivity index (χ1n) is 7.54. The van der Waals surface area contributed by atoms with Gasteiger partial charge in [0.05, 0.1) is 26.4 Å². The maximum Gasteiger partial charge on any atom is 0.411 e. The summed E-state index contributed by atoms with van der Waals surface area (Å²) >= 11 is 0. The number of amides is 1. The number of hydrogen-bond acceptors (Lipinski definition) is 5. The van der Waals surface area contributed by atoms with E-state index in [0.29, 0.717) is 6.61 Å². The SMILES string of the molecule is COC(=O)[C@@H]1[C@H](COCc2ccccc2)N1C(=O)OC(C)(C)C. The van der Waals surface area contributed by atoms with Crippen LogP contribution in [0.2, 0.25) is 0 Å². The molecule has 0 saturated carbocycles. The van der Waals surface area contributed by atoms with E-state index in [1.54, 1.807) is 20.8 Å². The number of carbonyl (C=O) groups is 2. The summed E-state index contributed by atoms with van der Waals surface area (Å²) < 4.78 is 15.7. The van der Waals surface area contributed by atoms with Crippen LogP contribution in [0.3, 0.4) is 0 Å². The van der Waals surface area contributed by atoms with Crippen LogP contribution in [0, 0.1) is 0 Å². The van der Waals surface area contributed by atoms with Crippen molar-refractivity contribution >= 4 is 12.1 Å². The van der Waals surface area contributed by atoms with Gasteiger partial charge in [-0.25, -0.2) is 9.59 Å². The molecule has 126 valence electrons. The topological polar surface area (TPSA) is 64.8 Å². The van der Waals surface area contributed by atoms with Crippen molar-refractivity contribution in [3.63, 3.8) is 0 Å². The van der Waals surface area contributed by atoms with Crippen molar-refractivity contribution in [1.29, 1.82) is 0 Å². The van der Waals surface area contributed by atoms with Crippen molar-refractivity contribution in [3.8, 4) is 0 Å². The third-order valence-corrected chi connectivity index (χ3v) is 3.38. The second-order valence-corrected chi connectivity index (χ2v) is 6.42. The number of carbonyl (C=O) groups excluding carboxylic acids is 2. The molecule has 0 N–H and O–H groups in total. The van der Waals surface area contributed by atoms with Crippen molar-refractivity contribution in [2.24, 2.45) is 0 Å². The zero-order valence-electron chi connectivity index (χ0n) is 13.9. The summed E-state index contributed by atoms with van der Waals surface area (Å²) in [5.41, 5.74) is 0.419. The molecule has 0 radical (unpaired) electrons. The van der Waals surface area contributed by atoms with Gasteiger partial charge in [0, 0.05) is 0 Å². The number of benzene rings is 1. The van der Waals surface area contributed by atoms with Gasteiger partial charge in [-0.1, -0.05) is 30.3 Å². The number of nitrogens with zero attached hydrogens (tertiary/aromatic N) is 1. The van der Waals surface area contributed by atoms with Gasteiger partial charge in [0.25, 0.3) is 0 Å². The average molecular weight is 321 g/mol. The summed E-state index contributed by atoms with van der Waals surface area (Å²) in [5.74, 6) is -0.454. The minimum Gasteiger partial charge on any atom is -0.467 e. The predicted molar refractivity (Wildman–Crippen MR) is 83.8 cm³/mol. The maximum absolute atomic E-state index is 12.1. The molecule has 6 nitrogen and oxygen atoms in total. The van der Waals surface area contributed by atoms with Crippen molar-refractivity contribution in [3.05, 3.63) is 35.9 Å². The molecule has 0 spiro atoms. The Kier molecular flexibility index (Phi) is 5.26. The summed E-state index contributed by atoms with van der Waals surface area (Å²) in [7, 11) is 1.30. The molecule has 1 heterocycles. The van der Waals surface area contributed by atoms with Crippen LogP contribution >= 0.6 is 0 Å². The van der Waals surface area contributed by atoms with Crippen LogP contribution in [0.1, 0.15) is 26.3 Å². The van der Waals surface area contributed by atoms with Crippen LogP contribution in [0.25, 0.3) is 0 Å². The van der Waals surface area contributed by atoms with Crippen LogP contribution in [-0.2, 0) is 25.6 Å². The van der Waals surface area contributed by atoms with E-state index in [1.807, 2.05) is 30.3 Å². The standard InChI is InChI=1S/C17H23NO5/c1-17(2,3)23-16(20)18-13(14(18)15(19)21-4)11-22-10-12-8-6-5-7-9-12/h5-9,13-14H,10-11H2,1-4H3/t13-,14-,18?/m0/s1. The van der Waals surface area contributed by atoms with Crippen LogP contribution in [0.15, 0.2) is 30.3 Å². The third-order valence-electron chi connectivity index (χ3n) is 3.38. The molecule has 1 aliphatic heterocycles. The van der Waals surface area contributed by atoms with E-state index in [0.717, 1.165) is 5.56 Å². The van der Waals surface area contributed by atoms with Gasteiger partial charge in [0.15, 0.2) is 6.04 Å². The lowest BCUT2D eigenvalue weighted by molar-refractivity contribution is -0.141. The molecule has 1 aliphatic rings. The zero-order valence-corrected chi connectivity index (χ0v) is 13.9. The zero-order chi connectivity index (χ0) is 17.0. The number of ether oxygens (including phenoxy) is 3. The predicted octanol–water partition coefficient (Wildman–Crippen LogP) is 2.36. The Morgan fingerprint density at radius 2 is 1.83 bits per heavy atom. The first-order chi connectivity index (χ1) is 10.8. The van der Waals surface area contributed by atoms with Crippen molar-refractivity contribution in [2.45, 2.75) is 45.1 Å². The Bertz CT molecular complexity index is 552. The highest BCUT2D eigenvalue weighted by atomic mass is 16.6. The highest BCUT2D eigenvalue weighted by Gasteiger charge is 2.58. The molecule has 1 aromatic rings. The van der Waals surface area contributed by atoms with Gasteiger partial charge in [0.1, 0.15) is 5.60 Å². The summed E-state index contributed by atoms with van der Waals surface area (Å²) in [6.07, 6.45) is -0.527. The smallest absolute Gasteiger partial charge is 0.411 e. The monoisotopic (exact) mass is 321 g/mol. The summed E-state index contributed by atoms with van der Waals surface area (Å²) in [5, 5.41) is 0. The fourth-order valence-corrected chi connectivity index (χ4v) is 2.28. The number of methoxy groups -OCH3 is 1. The molecule has 2 atom stereocenters. The van der Waals surface area contributed by atoms with Crippen LogP contribution in [-0.4, -0.2) is 48.4 Å². The molecule has 1 amide bonds. The normalized spacial score (nSPS) is 20.1. The van der Waals surface area contributed by atoms with Crippen molar-refractivity contribution in [1.82, 2.24) is 4.90 Å². The lowest BCUT2D eigenvalue weighted by Crippen LogP contribution is -2.29. The number of rotatable bonds is 5. The van der Waals surface area contributed by atoms with Gasteiger partial charge in [-0.05, 0) is 26.3 Å². The molecule has 1 aromatic carbocycles. The maximum atomic E-state index is 12.1. The van der Waals surface area contributed by atoms with E-state index >= 15 is 0 Å². The van der Waals surface area contributed by atoms with Crippen molar-refractivity contribution in [2.75, 3.05) is 13.7 Å². The molecular weight excluding hydrogens is 298 g/mol. The molecule has 0 aliphatic carbocycles. The Labute approximate surface area is 136 Å². The largest absolute Gasteiger partial charge is 0.467 e. The first-order valence-corrected chi connectivity index (χ1v) is 7.54. The number of esters is 1. The quantitative estimate of drug-likeness (QED) is 0.615. The first kappa shape index (κ1) is 17.3. The van der Waals surface area contributed by atoms with Gasteiger partial charge in [-0.15, -0.1) is 0 Å². The molecule has 2 rings (SSSR count). The van der Waals surface area contributed by atoms with Gasteiger partial charge in [-0.2, -0.15) is 0 Å². The lowest BCUT2D eigenvalue weighted by Gasteiger charge is -2.20. The van der Waals surface area contributed by atoms with Gasteiger partial charge in [0.2, 0.25) is 0 Å². The highest BCUT2D eigenvalue weighted by Crippen LogP contribution is 2.32. The van der Waals surface area contributed by atoms with E-state index in [2.05, 4.69) is 0 Å². The van der Waals surface area contributed by atoms with Crippen LogP contribution in [0.4, 0.5) is 4.79 Å². The Balaban J connectivity index is 1.90. The molecule has 0 aromatic heterocycles. The van der Waals surface area contributed by atoms with E-state index in [9.17, 15) is 9.59 Å². The second kappa shape index (κ2) is 7.00. The van der Waals surface area contributed by atoms with E-state index in [4.69, 9.17) is 14.2 Å². The Hall–Kier alpha value is -2.08. The summed E-state index contributed by atoms with van der Waals surface area (Å²) in [6, 6.07) is 8.72. The Morgan fingerprint density at radius 3 is 2.39 bits per heavy atom. The van der Waals surface area contributed by atoms with Crippen LogP contribution < -0.4 is 0 Å². The summed E-state index contributed by atoms with van der Waals surface area (Å²) in [4.78, 5) is 25.3. The molecule has 0 unspecified atom stereocenters. The van der Waals surface area contributed by atoms with Crippen LogP contribution in [0.5, 0.6) is 0 Å². The van der Waals surface area contributed by atoms with Gasteiger partial charge >= 0.3 is 12.1 Å². The molecular formula is C17H23NO5. The summed E-state index contributed by atoms with van der Waals surface area (Å²) in [6.45, 7) is 6.02. The molecule has 6 heteroatoms. The lowest BCUT2D eigenvalue weighted by atomic mass is 10.2. The number of hydrogen-bond donors (Lipinski definition) is 0. The fraction of sp³-hybridized carbons (Fsp3) is 0.529. The molecule has 1 saturated heterocycles. The fourth-order valence-electron chi connectivity index (χ4n) is 2.28. The van der Waals surface area contributed by atoms with E-state index < -0.39 is 23.7 Å². The second-order valence-electron chi connectivity index (χ2n) is 6.42. The molecule has 0 bridgehead atoms. The van der Waals surface area contributed by atoms with Gasteiger partial charge < -0.3 is 14.2 Å². The molecule has 23 heavy (non-hydrogen) atoms. The van der Waals surface area contributed by atoms with Crippen molar-refractivity contribution < 1.29 is 23.8 Å². The van der Waals surface area contributed by atoms with E-state index in [1.165, 1.54) is 12.0 Å². The molecule has 1 fully saturated rings.